The molecule has 1 aromatic heterocycles. The van der Waals surface area contributed by atoms with E-state index >= 15 is 0 Å². The maximum atomic E-state index is 14.1. The Morgan fingerprint density at radius 3 is 2.11 bits per heavy atom. The summed E-state index contributed by atoms with van der Waals surface area (Å²) < 4.78 is 81.9. The first-order chi connectivity index (χ1) is 25.5. The number of thioether (sulfide) groups is 1. The zero-order chi connectivity index (χ0) is 37.8. The molecule has 0 unspecified atom stereocenters. The van der Waals surface area contributed by atoms with Crippen LogP contribution in [-0.4, -0.2) is 38.9 Å². The van der Waals surface area contributed by atoms with Gasteiger partial charge in [0, 0.05) is 30.0 Å². The Hall–Kier alpha value is -5.15. The first kappa shape index (κ1) is 37.6. The van der Waals surface area contributed by atoms with Gasteiger partial charge in [0.25, 0.3) is 5.91 Å². The number of aromatic nitrogens is 1. The van der Waals surface area contributed by atoms with Crippen molar-refractivity contribution in [3.05, 3.63) is 154 Å². The summed E-state index contributed by atoms with van der Waals surface area (Å²) in [5, 5.41) is 21.8. The van der Waals surface area contributed by atoms with E-state index in [-0.39, 0.29) is 30.7 Å². The molecule has 0 radical (unpaired) electrons. The number of halogens is 5. The average molecular weight is 751 g/mol. The van der Waals surface area contributed by atoms with Gasteiger partial charge in [-0.25, -0.2) is 31.7 Å². The van der Waals surface area contributed by atoms with Crippen LogP contribution < -0.4 is 5.32 Å². The number of pyridine rings is 1. The van der Waals surface area contributed by atoms with E-state index in [0.29, 0.717) is 27.5 Å². The quantitative estimate of drug-likeness (QED) is 0.0536. The molecule has 2 heterocycles. The maximum absolute atomic E-state index is 14.1. The minimum Gasteiger partial charge on any atom is -0.478 e. The summed E-state index contributed by atoms with van der Waals surface area (Å²) in [6, 6.07) is 24.6. The van der Waals surface area contributed by atoms with Crippen molar-refractivity contribution in [3.63, 3.8) is 0 Å². The number of aromatic carboxylic acids is 1. The number of ether oxygens (including phenoxy) is 2. The SMILES string of the molecule is C[C@H]1[C@@H](CSc2ncccc2C(=O)O)O[C@@H](c2ccc(-c3cccc(CNC(=O)c4c(F)c(F)c(F)c(F)c4F)c3)cc2)O[C@H]1c1ccc(CO)cc1. The Bertz CT molecular complexity index is 2110. The molecule has 0 aliphatic carbocycles. The number of nitrogens with zero attached hydrogens (tertiary/aromatic N) is 1. The maximum Gasteiger partial charge on any atom is 0.338 e. The van der Waals surface area contributed by atoms with Gasteiger partial charge in [-0.05, 0) is 46.0 Å². The summed E-state index contributed by atoms with van der Waals surface area (Å²) in [6.45, 7) is 1.62. The van der Waals surface area contributed by atoms with Crippen molar-refractivity contribution in [1.82, 2.24) is 10.3 Å². The van der Waals surface area contributed by atoms with E-state index in [1.54, 1.807) is 30.3 Å². The normalized spacial score (nSPS) is 18.5. The predicted molar refractivity (Wildman–Crippen MR) is 184 cm³/mol. The second-order valence-corrected chi connectivity index (χ2v) is 13.3. The van der Waals surface area contributed by atoms with Crippen LogP contribution in [0.3, 0.4) is 0 Å². The Morgan fingerprint density at radius 1 is 0.792 bits per heavy atom. The number of carboxylic acid groups (broad SMARTS) is 1. The summed E-state index contributed by atoms with van der Waals surface area (Å²) in [6.07, 6.45) is -0.0714. The monoisotopic (exact) mass is 750 g/mol. The topological polar surface area (TPSA) is 118 Å². The zero-order valence-corrected chi connectivity index (χ0v) is 28.7. The van der Waals surface area contributed by atoms with Crippen molar-refractivity contribution >= 4 is 23.6 Å². The second kappa shape index (κ2) is 16.3. The number of benzene rings is 4. The van der Waals surface area contributed by atoms with Gasteiger partial charge in [-0.1, -0.05) is 73.7 Å². The first-order valence-corrected chi connectivity index (χ1v) is 17.3. The van der Waals surface area contributed by atoms with Crippen molar-refractivity contribution in [2.24, 2.45) is 5.92 Å². The molecule has 0 spiro atoms. The molecule has 5 aromatic rings. The molecular weight excluding hydrogens is 719 g/mol. The lowest BCUT2D eigenvalue weighted by Crippen LogP contribution is -2.38. The molecule has 53 heavy (non-hydrogen) atoms. The highest BCUT2D eigenvalue weighted by Crippen LogP contribution is 2.43. The smallest absolute Gasteiger partial charge is 0.338 e. The van der Waals surface area contributed by atoms with Crippen LogP contribution in [0, 0.1) is 35.0 Å². The number of hydrogen-bond acceptors (Lipinski definition) is 7. The second-order valence-electron chi connectivity index (χ2n) is 12.2. The Labute approximate surface area is 304 Å². The molecule has 4 atom stereocenters. The minimum atomic E-state index is -2.35. The van der Waals surface area contributed by atoms with Gasteiger partial charge in [0.15, 0.2) is 29.6 Å². The van der Waals surface area contributed by atoms with Crippen LogP contribution >= 0.6 is 11.8 Å². The van der Waals surface area contributed by atoms with E-state index in [2.05, 4.69) is 10.3 Å². The van der Waals surface area contributed by atoms with Crippen LogP contribution in [0.2, 0.25) is 0 Å². The van der Waals surface area contributed by atoms with Gasteiger partial charge < -0.3 is 25.0 Å². The molecule has 1 amide bonds. The van der Waals surface area contributed by atoms with E-state index in [0.717, 1.165) is 16.7 Å². The van der Waals surface area contributed by atoms with Crippen molar-refractivity contribution in [2.45, 2.75) is 43.6 Å². The van der Waals surface area contributed by atoms with Crippen LogP contribution in [0.15, 0.2) is 96.2 Å². The lowest BCUT2D eigenvalue weighted by Gasteiger charge is -2.41. The van der Waals surface area contributed by atoms with Crippen molar-refractivity contribution in [1.29, 1.82) is 0 Å². The molecule has 3 N–H and O–H groups in total. The number of nitrogens with one attached hydrogen (secondary N) is 1. The molecular formula is C39H31F5N2O6S. The van der Waals surface area contributed by atoms with Crippen LogP contribution in [0.25, 0.3) is 11.1 Å². The first-order valence-electron chi connectivity index (χ1n) is 16.3. The molecule has 6 rings (SSSR count). The number of carbonyl (C=O) groups excluding carboxylic acids is 1. The number of amides is 1. The summed E-state index contributed by atoms with van der Waals surface area (Å²) in [4.78, 5) is 28.5. The number of aliphatic hydroxyl groups excluding tert-OH is 1. The number of hydrogen-bond donors (Lipinski definition) is 3. The van der Waals surface area contributed by atoms with E-state index in [9.17, 15) is 41.8 Å². The van der Waals surface area contributed by atoms with E-state index in [4.69, 9.17) is 9.47 Å². The standard InChI is InChI=1S/C39H31F5N2O6S/c1-20-28(19-53-37-27(38(49)50)6-3-15-45-37)51-39(52-35(20)24-9-7-21(18-47)8-10-24)25-13-11-23(12-14-25)26-5-2-4-22(16-26)17-46-36(48)29-30(40)32(42)34(44)33(43)31(29)41/h2-16,20,28,35,39,47H,17-19H2,1H3,(H,46,48)(H,49,50)/t20-,28+,35+,39+/m0/s1. The molecule has 14 heteroatoms. The van der Waals surface area contributed by atoms with Gasteiger partial charge in [-0.15, -0.1) is 11.8 Å². The summed E-state index contributed by atoms with van der Waals surface area (Å²) in [5.41, 5.74) is 2.80. The third-order valence-corrected chi connectivity index (χ3v) is 9.94. The molecule has 8 nitrogen and oxygen atoms in total. The molecule has 0 saturated carbocycles. The Balaban J connectivity index is 1.19. The van der Waals surface area contributed by atoms with Gasteiger partial charge in [-0.2, -0.15) is 0 Å². The lowest BCUT2D eigenvalue weighted by molar-refractivity contribution is -0.268. The molecule has 1 saturated heterocycles. The van der Waals surface area contributed by atoms with E-state index < -0.39 is 58.9 Å². The Kier molecular flexibility index (Phi) is 11.5. The molecule has 4 aromatic carbocycles. The molecule has 0 bridgehead atoms. The highest BCUT2D eigenvalue weighted by Gasteiger charge is 2.38. The third-order valence-electron chi connectivity index (χ3n) is 8.84. The molecule has 1 fully saturated rings. The van der Waals surface area contributed by atoms with Gasteiger partial charge in [0.2, 0.25) is 5.82 Å². The van der Waals surface area contributed by atoms with E-state index in [1.165, 1.54) is 24.0 Å². The number of carbonyl (C=O) groups is 2. The number of rotatable bonds is 11. The zero-order valence-electron chi connectivity index (χ0n) is 27.9. The molecule has 274 valence electrons. The predicted octanol–water partition coefficient (Wildman–Crippen LogP) is 8.15. The number of carboxylic acids is 1. The van der Waals surface area contributed by atoms with Crippen LogP contribution in [0.1, 0.15) is 62.3 Å². The number of aliphatic hydroxyl groups is 1. The molecule has 1 aliphatic rings. The summed E-state index contributed by atoms with van der Waals surface area (Å²) in [7, 11) is 0. The summed E-state index contributed by atoms with van der Waals surface area (Å²) >= 11 is 1.28. The average Bonchev–Trinajstić information content (AvgIpc) is 3.18. The fourth-order valence-corrected chi connectivity index (χ4v) is 7.06. The summed E-state index contributed by atoms with van der Waals surface area (Å²) in [5.74, 6) is -13.5. The highest BCUT2D eigenvalue weighted by atomic mass is 32.2. The van der Waals surface area contributed by atoms with Crippen LogP contribution in [0.4, 0.5) is 22.0 Å². The van der Waals surface area contributed by atoms with Gasteiger partial charge in [0.05, 0.1) is 24.4 Å². The third kappa shape index (κ3) is 8.10. The Morgan fingerprint density at radius 2 is 1.45 bits per heavy atom. The van der Waals surface area contributed by atoms with Crippen LogP contribution in [0.5, 0.6) is 0 Å². The largest absolute Gasteiger partial charge is 0.478 e. The fraction of sp³-hybridized carbons (Fsp3) is 0.205. The fourth-order valence-electron chi connectivity index (χ4n) is 5.91. The van der Waals surface area contributed by atoms with Crippen LogP contribution in [-0.2, 0) is 22.6 Å². The highest BCUT2D eigenvalue weighted by molar-refractivity contribution is 7.99. The minimum absolute atomic E-state index is 0.0911. The van der Waals surface area contributed by atoms with Crippen molar-refractivity contribution < 1.29 is 51.2 Å². The van der Waals surface area contributed by atoms with Gasteiger partial charge in [0.1, 0.15) is 10.6 Å². The van der Waals surface area contributed by atoms with Crippen molar-refractivity contribution in [2.75, 3.05) is 5.75 Å². The van der Waals surface area contributed by atoms with Crippen molar-refractivity contribution in [3.8, 4) is 11.1 Å². The van der Waals surface area contributed by atoms with Gasteiger partial charge >= 0.3 is 5.97 Å². The molecule has 1 aliphatic heterocycles. The lowest BCUT2D eigenvalue weighted by atomic mass is 9.91. The van der Waals surface area contributed by atoms with E-state index in [1.807, 2.05) is 55.5 Å². The van der Waals surface area contributed by atoms with Gasteiger partial charge in [-0.3, -0.25) is 4.79 Å².